The van der Waals surface area contributed by atoms with Crippen LogP contribution in [0.15, 0.2) is 0 Å². The molecular weight excluding hydrogens is 266 g/mol. The molecule has 0 spiro atoms. The van der Waals surface area contributed by atoms with E-state index in [9.17, 15) is 0 Å². The highest BCUT2D eigenvalue weighted by Gasteiger charge is 2.20. The maximum Gasteiger partial charge on any atom is 0.107 e. The van der Waals surface area contributed by atoms with Crippen molar-refractivity contribution in [3.8, 4) is 0 Å². The molecule has 1 saturated heterocycles. The highest BCUT2D eigenvalue weighted by molar-refractivity contribution is 7.11. The second-order valence-corrected chi connectivity index (χ2v) is 7.62. The van der Waals surface area contributed by atoms with Crippen LogP contribution < -0.4 is 5.32 Å². The molecule has 0 aliphatic carbocycles. The molecule has 1 aromatic rings. The second-order valence-electron chi connectivity index (χ2n) is 6.46. The van der Waals surface area contributed by atoms with Gasteiger partial charge >= 0.3 is 0 Å². The fourth-order valence-electron chi connectivity index (χ4n) is 2.76. The molecule has 0 amide bonds. The van der Waals surface area contributed by atoms with Gasteiger partial charge in [0, 0.05) is 17.5 Å². The van der Waals surface area contributed by atoms with E-state index in [1.165, 1.54) is 41.4 Å². The molecule has 1 aliphatic heterocycles. The third kappa shape index (κ3) is 4.54. The SMILES string of the molecule is Cc1nc(CN2CCCCC2C)sc1CNCC(C)C. The van der Waals surface area contributed by atoms with E-state index >= 15 is 0 Å². The molecule has 1 unspecified atom stereocenters. The van der Waals surface area contributed by atoms with Gasteiger partial charge in [0.25, 0.3) is 0 Å². The Morgan fingerprint density at radius 3 is 2.90 bits per heavy atom. The van der Waals surface area contributed by atoms with Gasteiger partial charge in [-0.15, -0.1) is 11.3 Å². The first-order chi connectivity index (χ1) is 9.56. The van der Waals surface area contributed by atoms with Gasteiger partial charge in [0.15, 0.2) is 0 Å². The van der Waals surface area contributed by atoms with Crippen LogP contribution in [0.5, 0.6) is 0 Å². The lowest BCUT2D eigenvalue weighted by atomic mass is 10.0. The van der Waals surface area contributed by atoms with Crippen molar-refractivity contribution in [3.63, 3.8) is 0 Å². The van der Waals surface area contributed by atoms with Gasteiger partial charge in [-0.3, -0.25) is 4.90 Å². The van der Waals surface area contributed by atoms with Crippen LogP contribution in [0.4, 0.5) is 0 Å². The summed E-state index contributed by atoms with van der Waals surface area (Å²) in [5, 5.41) is 4.81. The Morgan fingerprint density at radius 2 is 2.20 bits per heavy atom. The minimum atomic E-state index is 0.705. The Balaban J connectivity index is 1.89. The first kappa shape index (κ1) is 15.9. The largest absolute Gasteiger partial charge is 0.312 e. The van der Waals surface area contributed by atoms with Crippen LogP contribution >= 0.6 is 11.3 Å². The highest BCUT2D eigenvalue weighted by atomic mass is 32.1. The number of aromatic nitrogens is 1. The lowest BCUT2D eigenvalue weighted by molar-refractivity contribution is 0.152. The predicted octanol–water partition coefficient (Wildman–Crippen LogP) is 3.57. The number of nitrogens with one attached hydrogen (secondary N) is 1. The van der Waals surface area contributed by atoms with Crippen molar-refractivity contribution in [2.45, 2.75) is 66.1 Å². The molecule has 0 saturated carbocycles. The molecule has 114 valence electrons. The Labute approximate surface area is 127 Å². The predicted molar refractivity (Wildman–Crippen MR) is 87.1 cm³/mol. The second kappa shape index (κ2) is 7.53. The van der Waals surface area contributed by atoms with E-state index in [2.05, 4.69) is 37.9 Å². The average molecular weight is 295 g/mol. The van der Waals surface area contributed by atoms with Crippen molar-refractivity contribution in [1.82, 2.24) is 15.2 Å². The van der Waals surface area contributed by atoms with Crippen molar-refractivity contribution in [1.29, 1.82) is 0 Å². The standard InChI is InChI=1S/C16H29N3S/c1-12(2)9-17-10-15-14(4)18-16(20-15)11-19-8-6-5-7-13(19)3/h12-13,17H,5-11H2,1-4H3. The van der Waals surface area contributed by atoms with E-state index < -0.39 is 0 Å². The zero-order valence-corrected chi connectivity index (χ0v) is 14.2. The maximum atomic E-state index is 4.77. The summed E-state index contributed by atoms with van der Waals surface area (Å²) in [4.78, 5) is 8.77. The summed E-state index contributed by atoms with van der Waals surface area (Å²) in [6, 6.07) is 0.718. The monoisotopic (exact) mass is 295 g/mol. The molecule has 2 heterocycles. The van der Waals surface area contributed by atoms with Crippen LogP contribution in [0.1, 0.15) is 55.6 Å². The van der Waals surface area contributed by atoms with E-state index in [0.29, 0.717) is 5.92 Å². The number of hydrogen-bond acceptors (Lipinski definition) is 4. The van der Waals surface area contributed by atoms with Gasteiger partial charge in [-0.25, -0.2) is 4.98 Å². The number of rotatable bonds is 6. The number of aryl methyl sites for hydroxylation is 1. The summed E-state index contributed by atoms with van der Waals surface area (Å²) < 4.78 is 0. The zero-order valence-electron chi connectivity index (χ0n) is 13.4. The molecular formula is C16H29N3S. The molecule has 20 heavy (non-hydrogen) atoms. The van der Waals surface area contributed by atoms with Crippen molar-refractivity contribution in [3.05, 3.63) is 15.6 Å². The number of hydrogen-bond donors (Lipinski definition) is 1. The van der Waals surface area contributed by atoms with Gasteiger partial charge in [-0.1, -0.05) is 20.3 Å². The van der Waals surface area contributed by atoms with Gasteiger partial charge in [0.05, 0.1) is 12.2 Å². The van der Waals surface area contributed by atoms with Gasteiger partial charge in [0.1, 0.15) is 5.01 Å². The van der Waals surface area contributed by atoms with Gasteiger partial charge in [0.2, 0.25) is 0 Å². The van der Waals surface area contributed by atoms with E-state index in [1.807, 2.05) is 11.3 Å². The molecule has 1 fully saturated rings. The molecule has 3 nitrogen and oxygen atoms in total. The normalized spacial score (nSPS) is 20.8. The Morgan fingerprint density at radius 1 is 1.40 bits per heavy atom. The first-order valence-electron chi connectivity index (χ1n) is 7.96. The zero-order chi connectivity index (χ0) is 14.5. The topological polar surface area (TPSA) is 28.2 Å². The van der Waals surface area contributed by atoms with Gasteiger partial charge < -0.3 is 5.32 Å². The molecule has 1 aliphatic rings. The summed E-state index contributed by atoms with van der Waals surface area (Å²) >= 11 is 1.89. The van der Waals surface area contributed by atoms with E-state index in [1.54, 1.807) is 0 Å². The van der Waals surface area contributed by atoms with Crippen LogP contribution in [-0.4, -0.2) is 29.0 Å². The van der Waals surface area contributed by atoms with Crippen LogP contribution in [0, 0.1) is 12.8 Å². The molecule has 0 radical (unpaired) electrons. The van der Waals surface area contributed by atoms with Gasteiger partial charge in [-0.05, 0) is 45.7 Å². The van der Waals surface area contributed by atoms with E-state index in [0.717, 1.165) is 25.7 Å². The smallest absolute Gasteiger partial charge is 0.107 e. The summed E-state index contributed by atoms with van der Waals surface area (Å²) in [5.74, 6) is 0.705. The number of likely N-dealkylation sites (tertiary alicyclic amines) is 1. The summed E-state index contributed by atoms with van der Waals surface area (Å²) in [6.07, 6.45) is 4.07. The van der Waals surface area contributed by atoms with Crippen LogP contribution in [0.2, 0.25) is 0 Å². The molecule has 0 aromatic carbocycles. The lowest BCUT2D eigenvalue weighted by Gasteiger charge is -2.32. The minimum absolute atomic E-state index is 0.705. The van der Waals surface area contributed by atoms with Crippen molar-refractivity contribution < 1.29 is 0 Å². The van der Waals surface area contributed by atoms with E-state index in [4.69, 9.17) is 4.98 Å². The number of piperidine rings is 1. The lowest BCUT2D eigenvalue weighted by Crippen LogP contribution is -2.36. The molecule has 2 rings (SSSR count). The summed E-state index contributed by atoms with van der Waals surface area (Å²) in [5.41, 5.74) is 1.21. The van der Waals surface area contributed by atoms with Crippen LogP contribution in [0.3, 0.4) is 0 Å². The van der Waals surface area contributed by atoms with Crippen molar-refractivity contribution in [2.75, 3.05) is 13.1 Å². The van der Waals surface area contributed by atoms with Crippen LogP contribution in [0.25, 0.3) is 0 Å². The number of thiazole rings is 1. The molecule has 1 atom stereocenters. The Kier molecular flexibility index (Phi) is 6.00. The molecule has 4 heteroatoms. The first-order valence-corrected chi connectivity index (χ1v) is 8.78. The molecule has 1 aromatic heterocycles. The van der Waals surface area contributed by atoms with Crippen molar-refractivity contribution >= 4 is 11.3 Å². The highest BCUT2D eigenvalue weighted by Crippen LogP contribution is 2.23. The third-order valence-corrected chi connectivity index (χ3v) is 5.20. The molecule has 1 N–H and O–H groups in total. The number of nitrogens with zero attached hydrogens (tertiary/aromatic N) is 2. The summed E-state index contributed by atoms with van der Waals surface area (Å²) in [7, 11) is 0. The Hall–Kier alpha value is -0.450. The third-order valence-electron chi connectivity index (χ3n) is 4.05. The van der Waals surface area contributed by atoms with Crippen LogP contribution in [-0.2, 0) is 13.1 Å². The molecule has 0 bridgehead atoms. The fraction of sp³-hybridized carbons (Fsp3) is 0.812. The summed E-state index contributed by atoms with van der Waals surface area (Å²) in [6.45, 7) is 13.3. The maximum absolute atomic E-state index is 4.77. The minimum Gasteiger partial charge on any atom is -0.312 e. The average Bonchev–Trinajstić information content (AvgIpc) is 2.72. The quantitative estimate of drug-likeness (QED) is 0.869. The van der Waals surface area contributed by atoms with Crippen molar-refractivity contribution in [2.24, 2.45) is 5.92 Å². The van der Waals surface area contributed by atoms with E-state index in [-0.39, 0.29) is 0 Å². The fourth-order valence-corrected chi connectivity index (χ4v) is 3.83. The van der Waals surface area contributed by atoms with Gasteiger partial charge in [-0.2, -0.15) is 0 Å². The Bertz CT molecular complexity index is 414.